The van der Waals surface area contributed by atoms with E-state index in [0.29, 0.717) is 0 Å². The van der Waals surface area contributed by atoms with Crippen molar-refractivity contribution in [3.8, 4) is 0 Å². The van der Waals surface area contributed by atoms with E-state index >= 15 is 0 Å². The van der Waals surface area contributed by atoms with E-state index in [1.165, 1.54) is 11.3 Å². The lowest BCUT2D eigenvalue weighted by atomic mass is 10.0. The number of methoxy groups -OCH3 is 2. The van der Waals surface area contributed by atoms with Gasteiger partial charge in [0.2, 0.25) is 0 Å². The summed E-state index contributed by atoms with van der Waals surface area (Å²) in [6, 6.07) is 6.71. The molecule has 2 N–H and O–H groups in total. The highest BCUT2D eigenvalue weighted by molar-refractivity contribution is 9.10. The van der Waals surface area contributed by atoms with Gasteiger partial charge >= 0.3 is 0 Å². The van der Waals surface area contributed by atoms with Crippen LogP contribution in [0.3, 0.4) is 0 Å². The molecule has 3 unspecified atom stereocenters. The van der Waals surface area contributed by atoms with Crippen LogP contribution in [0.2, 0.25) is 0 Å². The van der Waals surface area contributed by atoms with E-state index in [-0.39, 0.29) is 18.2 Å². The van der Waals surface area contributed by atoms with Gasteiger partial charge in [-0.05, 0) is 30.5 Å². The first-order valence-electron chi connectivity index (χ1n) is 7.43. The number of nitrogens with zero attached hydrogens (tertiary/aromatic N) is 1. The van der Waals surface area contributed by atoms with E-state index in [0.717, 1.165) is 30.4 Å². The summed E-state index contributed by atoms with van der Waals surface area (Å²) in [7, 11) is 3.48. The maximum Gasteiger partial charge on any atom is 0.102 e. The summed E-state index contributed by atoms with van der Waals surface area (Å²) >= 11 is 3.67. The fraction of sp³-hybridized carbons (Fsp3) is 0.625. The Kier molecular flexibility index (Phi) is 6.05. The van der Waals surface area contributed by atoms with Gasteiger partial charge in [0.05, 0.1) is 0 Å². The fourth-order valence-electron chi connectivity index (χ4n) is 2.73. The first-order valence-corrected chi connectivity index (χ1v) is 8.22. The van der Waals surface area contributed by atoms with Crippen LogP contribution in [0.15, 0.2) is 22.7 Å². The third kappa shape index (κ3) is 3.97. The standard InChI is InChI=1S/C16H25BrN2O2/c1-4-12(18)7-11-5-6-13(8-14(11)17)19-9-15(20-2)16(10-19)21-3/h5-6,8,12,15-16H,4,7,9-10,18H2,1-3H3. The van der Waals surface area contributed by atoms with E-state index in [1.54, 1.807) is 14.2 Å². The maximum atomic E-state index is 6.04. The Hall–Kier alpha value is -0.620. The molecule has 1 fully saturated rings. The van der Waals surface area contributed by atoms with Gasteiger partial charge in [0, 0.05) is 43.5 Å². The number of hydrogen-bond donors (Lipinski definition) is 1. The highest BCUT2D eigenvalue weighted by Gasteiger charge is 2.33. The number of halogens is 1. The monoisotopic (exact) mass is 356 g/mol. The van der Waals surface area contributed by atoms with E-state index in [2.05, 4.69) is 46.0 Å². The summed E-state index contributed by atoms with van der Waals surface area (Å²) in [5.74, 6) is 0. The molecule has 0 aromatic heterocycles. The van der Waals surface area contributed by atoms with Crippen LogP contribution < -0.4 is 10.6 Å². The highest BCUT2D eigenvalue weighted by atomic mass is 79.9. The molecule has 0 amide bonds. The van der Waals surface area contributed by atoms with Crippen molar-refractivity contribution in [1.29, 1.82) is 0 Å². The first kappa shape index (κ1) is 16.7. The van der Waals surface area contributed by atoms with E-state index < -0.39 is 0 Å². The minimum absolute atomic E-state index is 0.127. The Morgan fingerprint density at radius 1 is 1.29 bits per heavy atom. The normalized spacial score (nSPS) is 23.6. The van der Waals surface area contributed by atoms with Crippen molar-refractivity contribution >= 4 is 21.6 Å². The summed E-state index contributed by atoms with van der Waals surface area (Å²) < 4.78 is 12.1. The van der Waals surface area contributed by atoms with Gasteiger partial charge in [-0.3, -0.25) is 0 Å². The van der Waals surface area contributed by atoms with Gasteiger partial charge in [-0.25, -0.2) is 0 Å². The van der Waals surface area contributed by atoms with Crippen LogP contribution in [0.5, 0.6) is 0 Å². The second-order valence-corrected chi connectivity index (χ2v) is 6.46. The Morgan fingerprint density at radius 3 is 2.38 bits per heavy atom. The van der Waals surface area contributed by atoms with Crippen molar-refractivity contribution < 1.29 is 9.47 Å². The van der Waals surface area contributed by atoms with Crippen molar-refractivity contribution in [1.82, 2.24) is 0 Å². The molecule has 118 valence electrons. The Labute approximate surface area is 135 Å². The quantitative estimate of drug-likeness (QED) is 0.850. The van der Waals surface area contributed by atoms with Gasteiger partial charge in [0.15, 0.2) is 0 Å². The van der Waals surface area contributed by atoms with Crippen molar-refractivity contribution in [2.75, 3.05) is 32.2 Å². The molecule has 1 heterocycles. The van der Waals surface area contributed by atoms with Crippen LogP contribution in [-0.4, -0.2) is 45.6 Å². The predicted molar refractivity (Wildman–Crippen MR) is 89.9 cm³/mol. The molecule has 0 radical (unpaired) electrons. The Balaban J connectivity index is 2.10. The summed E-state index contributed by atoms with van der Waals surface area (Å²) in [5, 5.41) is 0. The highest BCUT2D eigenvalue weighted by Crippen LogP contribution is 2.28. The molecule has 0 saturated carbocycles. The molecule has 0 aliphatic carbocycles. The van der Waals surface area contributed by atoms with Crippen LogP contribution in [0, 0.1) is 0 Å². The Bertz CT molecular complexity index is 458. The van der Waals surface area contributed by atoms with Crippen LogP contribution >= 0.6 is 15.9 Å². The molecule has 0 bridgehead atoms. The number of nitrogens with two attached hydrogens (primary N) is 1. The first-order chi connectivity index (χ1) is 10.1. The molecule has 1 aromatic carbocycles. The SMILES string of the molecule is CCC(N)Cc1ccc(N2CC(OC)C(OC)C2)cc1Br. The van der Waals surface area contributed by atoms with Crippen LogP contribution in [-0.2, 0) is 15.9 Å². The zero-order valence-corrected chi connectivity index (χ0v) is 14.6. The minimum atomic E-state index is 0.127. The number of hydrogen-bond acceptors (Lipinski definition) is 4. The van der Waals surface area contributed by atoms with Crippen molar-refractivity contribution in [3.05, 3.63) is 28.2 Å². The molecule has 1 aromatic rings. The number of rotatable bonds is 6. The predicted octanol–water partition coefficient (Wildman–Crippen LogP) is 2.58. The molecule has 1 aliphatic heterocycles. The van der Waals surface area contributed by atoms with Gasteiger partial charge in [-0.15, -0.1) is 0 Å². The average molecular weight is 357 g/mol. The zero-order chi connectivity index (χ0) is 15.4. The molecule has 0 spiro atoms. The van der Waals surface area contributed by atoms with Crippen molar-refractivity contribution in [3.63, 3.8) is 0 Å². The van der Waals surface area contributed by atoms with Crippen LogP contribution in [0.4, 0.5) is 5.69 Å². The van der Waals surface area contributed by atoms with E-state index in [1.807, 2.05) is 0 Å². The van der Waals surface area contributed by atoms with E-state index in [9.17, 15) is 0 Å². The van der Waals surface area contributed by atoms with Gasteiger partial charge in [-0.1, -0.05) is 28.9 Å². The molecular formula is C16H25BrN2O2. The Morgan fingerprint density at radius 2 is 1.90 bits per heavy atom. The second-order valence-electron chi connectivity index (χ2n) is 5.60. The molecule has 4 nitrogen and oxygen atoms in total. The van der Waals surface area contributed by atoms with Gasteiger partial charge in [-0.2, -0.15) is 0 Å². The van der Waals surface area contributed by atoms with Crippen LogP contribution in [0.25, 0.3) is 0 Å². The zero-order valence-electron chi connectivity index (χ0n) is 13.0. The minimum Gasteiger partial charge on any atom is -0.377 e. The molecule has 1 aliphatic rings. The lowest BCUT2D eigenvalue weighted by Gasteiger charge is -2.20. The smallest absolute Gasteiger partial charge is 0.102 e. The summed E-state index contributed by atoms with van der Waals surface area (Å²) in [4.78, 5) is 2.30. The molecule has 21 heavy (non-hydrogen) atoms. The lowest BCUT2D eigenvalue weighted by molar-refractivity contribution is -0.00461. The summed E-state index contributed by atoms with van der Waals surface area (Å²) in [5.41, 5.74) is 8.50. The molecule has 5 heteroatoms. The number of benzene rings is 1. The molecular weight excluding hydrogens is 332 g/mol. The number of anilines is 1. The third-order valence-corrected chi connectivity index (χ3v) is 4.97. The maximum absolute atomic E-state index is 6.04. The molecule has 2 rings (SSSR count). The molecule has 1 saturated heterocycles. The number of ether oxygens (including phenoxy) is 2. The summed E-state index contributed by atoms with van der Waals surface area (Å²) in [6.45, 7) is 3.83. The van der Waals surface area contributed by atoms with Crippen molar-refractivity contribution in [2.45, 2.75) is 38.0 Å². The van der Waals surface area contributed by atoms with Gasteiger partial charge < -0.3 is 20.1 Å². The van der Waals surface area contributed by atoms with Crippen molar-refractivity contribution in [2.24, 2.45) is 5.73 Å². The van der Waals surface area contributed by atoms with Gasteiger partial charge in [0.25, 0.3) is 0 Å². The lowest BCUT2D eigenvalue weighted by Crippen LogP contribution is -2.27. The molecule has 3 atom stereocenters. The van der Waals surface area contributed by atoms with Gasteiger partial charge in [0.1, 0.15) is 12.2 Å². The largest absolute Gasteiger partial charge is 0.377 e. The topological polar surface area (TPSA) is 47.7 Å². The third-order valence-electron chi connectivity index (χ3n) is 4.23. The van der Waals surface area contributed by atoms with E-state index in [4.69, 9.17) is 15.2 Å². The van der Waals surface area contributed by atoms with Crippen LogP contribution in [0.1, 0.15) is 18.9 Å². The average Bonchev–Trinajstić information content (AvgIpc) is 2.92. The second kappa shape index (κ2) is 7.58. The fourth-order valence-corrected chi connectivity index (χ4v) is 3.26. The summed E-state index contributed by atoms with van der Waals surface area (Å²) in [6.07, 6.45) is 2.15.